The van der Waals surface area contributed by atoms with Gasteiger partial charge in [0, 0.05) is 35.9 Å². The molecule has 0 aromatic heterocycles. The van der Waals surface area contributed by atoms with Crippen LogP contribution in [0, 0.1) is 11.6 Å². The van der Waals surface area contributed by atoms with E-state index < -0.39 is 23.6 Å². The smallest absolute Gasteiger partial charge is 0.339 e. The van der Waals surface area contributed by atoms with Crippen molar-refractivity contribution in [2.24, 2.45) is 0 Å². The number of rotatable bonds is 3. The molecule has 0 saturated heterocycles. The molecule has 0 aliphatic rings. The minimum Gasteiger partial charge on any atom is -0.478 e. The normalized spacial score (nSPS) is 9.77. The zero-order valence-electron chi connectivity index (χ0n) is 11.5. The molecule has 0 saturated carbocycles. The number of hydrogen-bond donors (Lipinski definition) is 1. The summed E-state index contributed by atoms with van der Waals surface area (Å²) in [5.74, 6) is -3.67. The van der Waals surface area contributed by atoms with E-state index in [1.165, 1.54) is 18.2 Å². The second-order valence-corrected chi connectivity index (χ2v) is 4.23. The Morgan fingerprint density at radius 1 is 1.09 bits per heavy atom. The van der Waals surface area contributed by atoms with Gasteiger partial charge < -0.3 is 9.84 Å². The molecule has 0 bridgehead atoms. The van der Waals surface area contributed by atoms with Gasteiger partial charge in [0.2, 0.25) is 0 Å². The van der Waals surface area contributed by atoms with Crippen LogP contribution in [0.2, 0.25) is 0 Å². The van der Waals surface area contributed by atoms with Gasteiger partial charge in [0.15, 0.2) is 0 Å². The molecule has 0 unspecified atom stereocenters. The molecule has 0 aliphatic heterocycles. The van der Waals surface area contributed by atoms with Gasteiger partial charge >= 0.3 is 11.9 Å². The van der Waals surface area contributed by atoms with E-state index in [4.69, 9.17) is 9.84 Å². The van der Waals surface area contributed by atoms with Crippen molar-refractivity contribution in [1.82, 2.24) is 0 Å². The highest BCUT2D eigenvalue weighted by Crippen LogP contribution is 2.29. The van der Waals surface area contributed by atoms with E-state index in [9.17, 15) is 18.4 Å². The monoisotopic (exact) mass is 319 g/mol. The van der Waals surface area contributed by atoms with Crippen LogP contribution in [0.5, 0.6) is 5.75 Å². The van der Waals surface area contributed by atoms with Crippen molar-refractivity contribution in [2.75, 3.05) is 0 Å². The lowest BCUT2D eigenvalue weighted by molar-refractivity contribution is -0.131. The number of esters is 1. The standard InChI is InChI=1S/C15H10F2O4.Al/c1-8(18)21-14-5-2-9(6-12(14)15(19)20)11-4-3-10(16)7-13(11)17;/h2-7H,1H3,(H,19,20);. The first-order chi connectivity index (χ1) is 9.88. The molecule has 4 nitrogen and oxygen atoms in total. The highest BCUT2D eigenvalue weighted by molar-refractivity contribution is 5.93. The molecule has 111 valence electrons. The largest absolute Gasteiger partial charge is 0.478 e. The Labute approximate surface area is 135 Å². The molecule has 0 aliphatic carbocycles. The zero-order chi connectivity index (χ0) is 15.6. The SMILES string of the molecule is CC(=O)Oc1ccc(-c2ccc(F)cc2F)cc1C(=O)O.[Al]. The fourth-order valence-electron chi connectivity index (χ4n) is 1.83. The fraction of sp³-hybridized carbons (Fsp3) is 0.0667. The summed E-state index contributed by atoms with van der Waals surface area (Å²) in [6, 6.07) is 6.78. The summed E-state index contributed by atoms with van der Waals surface area (Å²) < 4.78 is 31.4. The number of carboxylic acids is 1. The highest BCUT2D eigenvalue weighted by atomic mass is 27.0. The first-order valence-corrected chi connectivity index (χ1v) is 5.89. The van der Waals surface area contributed by atoms with Crippen LogP contribution in [0.1, 0.15) is 17.3 Å². The molecule has 2 aromatic carbocycles. The average Bonchev–Trinajstić information content (AvgIpc) is 2.38. The van der Waals surface area contributed by atoms with Crippen molar-refractivity contribution in [3.05, 3.63) is 53.6 Å². The van der Waals surface area contributed by atoms with Crippen LogP contribution < -0.4 is 4.74 Å². The third-order valence-electron chi connectivity index (χ3n) is 2.71. The van der Waals surface area contributed by atoms with Gasteiger partial charge in [-0.15, -0.1) is 0 Å². The molecule has 1 N–H and O–H groups in total. The van der Waals surface area contributed by atoms with E-state index >= 15 is 0 Å². The van der Waals surface area contributed by atoms with Crippen molar-refractivity contribution >= 4 is 29.3 Å². The van der Waals surface area contributed by atoms with Crippen LogP contribution in [0.15, 0.2) is 36.4 Å². The predicted octanol–water partition coefficient (Wildman–Crippen LogP) is 2.87. The molecule has 0 atom stereocenters. The molecular formula is C15H10AlF2O4. The molecular weight excluding hydrogens is 309 g/mol. The summed E-state index contributed by atoms with van der Waals surface area (Å²) in [5.41, 5.74) is 0.000465. The summed E-state index contributed by atoms with van der Waals surface area (Å²) >= 11 is 0. The summed E-state index contributed by atoms with van der Waals surface area (Å²) in [7, 11) is 0. The van der Waals surface area contributed by atoms with Crippen molar-refractivity contribution in [3.8, 4) is 16.9 Å². The number of halogens is 2. The van der Waals surface area contributed by atoms with Gasteiger partial charge in [-0.2, -0.15) is 0 Å². The molecule has 0 fully saturated rings. The molecule has 0 amide bonds. The number of carbonyl (C=O) groups excluding carboxylic acids is 1. The van der Waals surface area contributed by atoms with Gasteiger partial charge in [0.05, 0.1) is 0 Å². The van der Waals surface area contributed by atoms with Gasteiger partial charge in [-0.3, -0.25) is 4.79 Å². The second-order valence-electron chi connectivity index (χ2n) is 4.23. The molecule has 0 spiro atoms. The summed E-state index contributed by atoms with van der Waals surface area (Å²) in [6.07, 6.45) is 0. The highest BCUT2D eigenvalue weighted by Gasteiger charge is 2.16. The number of hydrogen-bond acceptors (Lipinski definition) is 3. The fourth-order valence-corrected chi connectivity index (χ4v) is 1.83. The molecule has 3 radical (unpaired) electrons. The van der Waals surface area contributed by atoms with E-state index in [1.54, 1.807) is 0 Å². The number of aromatic carboxylic acids is 1. The third kappa shape index (κ3) is 3.91. The van der Waals surface area contributed by atoms with Gasteiger partial charge in [-0.1, -0.05) is 6.07 Å². The first-order valence-electron chi connectivity index (χ1n) is 5.89. The van der Waals surface area contributed by atoms with Gasteiger partial charge in [0.25, 0.3) is 0 Å². The lowest BCUT2D eigenvalue weighted by atomic mass is 10.0. The molecule has 2 aromatic rings. The van der Waals surface area contributed by atoms with Crippen molar-refractivity contribution in [1.29, 1.82) is 0 Å². The summed E-state index contributed by atoms with van der Waals surface area (Å²) in [6.45, 7) is 1.14. The molecule has 0 heterocycles. The van der Waals surface area contributed by atoms with Gasteiger partial charge in [0.1, 0.15) is 22.9 Å². The Kier molecular flexibility index (Phi) is 5.80. The van der Waals surface area contributed by atoms with E-state index in [0.29, 0.717) is 6.07 Å². The Balaban J connectivity index is 0.00000242. The number of carbonyl (C=O) groups is 2. The van der Waals surface area contributed by atoms with E-state index in [-0.39, 0.29) is 39.8 Å². The minimum absolute atomic E-state index is 0. The van der Waals surface area contributed by atoms with Crippen LogP contribution in [-0.4, -0.2) is 34.4 Å². The van der Waals surface area contributed by atoms with E-state index in [2.05, 4.69) is 0 Å². The number of ether oxygens (including phenoxy) is 1. The average molecular weight is 319 g/mol. The van der Waals surface area contributed by atoms with Crippen LogP contribution >= 0.6 is 0 Å². The van der Waals surface area contributed by atoms with Crippen molar-refractivity contribution in [3.63, 3.8) is 0 Å². The van der Waals surface area contributed by atoms with Crippen LogP contribution in [0.25, 0.3) is 11.1 Å². The van der Waals surface area contributed by atoms with E-state index in [0.717, 1.165) is 19.1 Å². The van der Waals surface area contributed by atoms with Crippen LogP contribution in [-0.2, 0) is 4.79 Å². The summed E-state index contributed by atoms with van der Waals surface area (Å²) in [4.78, 5) is 22.1. The summed E-state index contributed by atoms with van der Waals surface area (Å²) in [5, 5.41) is 9.12. The number of benzene rings is 2. The Bertz CT molecular complexity index is 731. The lowest BCUT2D eigenvalue weighted by Crippen LogP contribution is -2.07. The lowest BCUT2D eigenvalue weighted by Gasteiger charge is -2.09. The zero-order valence-corrected chi connectivity index (χ0v) is 12.6. The minimum atomic E-state index is -1.32. The second kappa shape index (κ2) is 7.16. The topological polar surface area (TPSA) is 63.6 Å². The van der Waals surface area contributed by atoms with E-state index in [1.807, 2.05) is 0 Å². The van der Waals surface area contributed by atoms with Gasteiger partial charge in [-0.05, 0) is 29.8 Å². The molecule has 2 rings (SSSR count). The molecule has 7 heteroatoms. The first kappa shape index (κ1) is 17.8. The maximum Gasteiger partial charge on any atom is 0.339 e. The Morgan fingerprint density at radius 3 is 2.32 bits per heavy atom. The maximum absolute atomic E-state index is 13.7. The Hall–Kier alpha value is -2.23. The Morgan fingerprint density at radius 2 is 1.77 bits per heavy atom. The van der Waals surface area contributed by atoms with Crippen molar-refractivity contribution < 1.29 is 28.2 Å². The quantitative estimate of drug-likeness (QED) is 0.537. The predicted molar refractivity (Wildman–Crippen MR) is 75.8 cm³/mol. The maximum atomic E-state index is 13.7. The van der Waals surface area contributed by atoms with Crippen molar-refractivity contribution in [2.45, 2.75) is 6.92 Å². The number of carboxylic acid groups (broad SMARTS) is 1. The van der Waals surface area contributed by atoms with Crippen LogP contribution in [0.3, 0.4) is 0 Å². The third-order valence-corrected chi connectivity index (χ3v) is 2.71. The molecule has 22 heavy (non-hydrogen) atoms. The van der Waals surface area contributed by atoms with Crippen LogP contribution in [0.4, 0.5) is 8.78 Å². The van der Waals surface area contributed by atoms with Gasteiger partial charge in [-0.25, -0.2) is 13.6 Å².